The van der Waals surface area contributed by atoms with E-state index < -0.39 is 68.7 Å². The number of hydrogen-bond acceptors (Lipinski definition) is 4. The Kier molecular flexibility index (Phi) is 6.97. The lowest BCUT2D eigenvalue weighted by molar-refractivity contribution is -0.122. The molecule has 2 aliphatic rings. The molecule has 1 saturated heterocycles. The maximum Gasteiger partial charge on any atom is 0.258 e. The molecule has 0 spiro atoms. The fourth-order valence-electron chi connectivity index (χ4n) is 4.52. The first kappa shape index (κ1) is 27.9. The highest BCUT2D eigenvalue weighted by Gasteiger charge is 2.74. The summed E-state index contributed by atoms with van der Waals surface area (Å²) in [7, 11) is 1.24. The summed E-state index contributed by atoms with van der Waals surface area (Å²) in [5, 5.41) is 10.3. The number of nitrogens with zero attached hydrogens (tertiary/aromatic N) is 1. The second kappa shape index (κ2) is 9.25. The predicted octanol–water partition coefficient (Wildman–Crippen LogP) is 6.75. The van der Waals surface area contributed by atoms with Crippen molar-refractivity contribution in [2.24, 2.45) is 0 Å². The molecule has 1 aliphatic carbocycles. The third-order valence-corrected chi connectivity index (χ3v) is 9.91. The van der Waals surface area contributed by atoms with Gasteiger partial charge in [0.05, 0.1) is 11.6 Å². The fourth-order valence-corrected chi connectivity index (χ4v) is 6.31. The van der Waals surface area contributed by atoms with Crippen molar-refractivity contribution in [1.29, 1.82) is 0 Å². The molecule has 37 heavy (non-hydrogen) atoms. The van der Waals surface area contributed by atoms with Gasteiger partial charge in [-0.05, 0) is 55.5 Å². The first-order chi connectivity index (χ1) is 17.2. The quantitative estimate of drug-likeness (QED) is 0.127. The monoisotopic (exact) mass is 689 g/mol. The van der Waals surface area contributed by atoms with Gasteiger partial charge in [0.15, 0.2) is 44.5 Å². The molecule has 3 atom stereocenters. The van der Waals surface area contributed by atoms with Crippen LogP contribution < -0.4 is 9.64 Å². The normalized spacial score (nSPS) is 25.3. The summed E-state index contributed by atoms with van der Waals surface area (Å²) < 4.78 is 76.4. The maximum absolute atomic E-state index is 14.7. The van der Waals surface area contributed by atoms with E-state index >= 15 is 0 Å². The van der Waals surface area contributed by atoms with E-state index in [1.54, 1.807) is 0 Å². The van der Waals surface area contributed by atoms with Crippen molar-refractivity contribution in [3.63, 3.8) is 0 Å². The molecule has 14 heteroatoms. The van der Waals surface area contributed by atoms with Gasteiger partial charge in [-0.1, -0.05) is 18.7 Å². The summed E-state index contributed by atoms with van der Waals surface area (Å²) in [6, 6.07) is 1.28. The molecule has 1 N–H and O–H groups in total. The van der Waals surface area contributed by atoms with Gasteiger partial charge in [-0.25, -0.2) is 26.9 Å². The molecule has 5 nitrogen and oxygen atoms in total. The first-order valence-electron chi connectivity index (χ1n) is 10.1. The summed E-state index contributed by atoms with van der Waals surface area (Å²) in [6.45, 7) is 3.67. The number of aromatic hydroxyl groups is 1. The Balaban J connectivity index is 2.05. The Bertz CT molecular complexity index is 1430. The van der Waals surface area contributed by atoms with Crippen LogP contribution in [0.25, 0.3) is 0 Å². The third kappa shape index (κ3) is 3.51. The average molecular weight is 692 g/mol. The number of imide groups is 1. The molecule has 196 valence electrons. The molecular weight excluding hydrogens is 680 g/mol. The van der Waals surface area contributed by atoms with Crippen LogP contribution in [0.5, 0.6) is 11.5 Å². The van der Waals surface area contributed by atoms with Crippen LogP contribution in [0.2, 0.25) is 0 Å². The minimum absolute atomic E-state index is 0.0599. The number of alkyl halides is 2. The SMILES string of the molecule is C=CC1=CCC2(Cl)C(=O)N(c3c(F)c(F)c(F)c(F)c3F)C(=O)C2(Cl)C1c1cc(OC)c(O)c(Br)c1Br. The molecular formula is C23H12Br2Cl2F5NO4. The molecule has 0 saturated carbocycles. The van der Waals surface area contributed by atoms with Crippen molar-refractivity contribution in [2.75, 3.05) is 12.0 Å². The zero-order chi connectivity index (χ0) is 27.8. The van der Waals surface area contributed by atoms with Crippen molar-refractivity contribution in [3.8, 4) is 11.5 Å². The van der Waals surface area contributed by atoms with Gasteiger partial charge in [0, 0.05) is 10.4 Å². The summed E-state index contributed by atoms with van der Waals surface area (Å²) in [5.74, 6) is -16.9. The molecule has 1 fully saturated rings. The average Bonchev–Trinajstić information content (AvgIpc) is 3.03. The van der Waals surface area contributed by atoms with Gasteiger partial charge in [0.2, 0.25) is 5.82 Å². The number of fused-ring (bicyclic) bond motifs is 1. The number of benzene rings is 2. The van der Waals surface area contributed by atoms with Crippen LogP contribution in [0.1, 0.15) is 17.9 Å². The van der Waals surface area contributed by atoms with Crippen LogP contribution in [0.3, 0.4) is 0 Å². The molecule has 2 aromatic rings. The molecule has 2 aromatic carbocycles. The number of halogens is 9. The van der Waals surface area contributed by atoms with Gasteiger partial charge in [0.25, 0.3) is 11.8 Å². The van der Waals surface area contributed by atoms with E-state index in [1.165, 1.54) is 25.3 Å². The van der Waals surface area contributed by atoms with Gasteiger partial charge in [0.1, 0.15) is 5.69 Å². The zero-order valence-corrected chi connectivity index (χ0v) is 22.9. The van der Waals surface area contributed by atoms with Crippen molar-refractivity contribution >= 4 is 72.6 Å². The topological polar surface area (TPSA) is 66.8 Å². The highest BCUT2D eigenvalue weighted by molar-refractivity contribution is 9.13. The van der Waals surface area contributed by atoms with Crippen LogP contribution in [-0.2, 0) is 9.59 Å². The Morgan fingerprint density at radius 3 is 2.11 bits per heavy atom. The van der Waals surface area contributed by atoms with Gasteiger partial charge < -0.3 is 9.84 Å². The van der Waals surface area contributed by atoms with Crippen LogP contribution in [-0.4, -0.2) is 33.8 Å². The van der Waals surface area contributed by atoms with Crippen LogP contribution in [0.15, 0.2) is 39.3 Å². The van der Waals surface area contributed by atoms with E-state index in [4.69, 9.17) is 27.9 Å². The van der Waals surface area contributed by atoms with E-state index in [0.717, 1.165) is 0 Å². The minimum atomic E-state index is -2.56. The zero-order valence-electron chi connectivity index (χ0n) is 18.2. The number of phenolic OH excluding ortho intramolecular Hbond substituents is 1. The molecule has 2 amide bonds. The lowest BCUT2D eigenvalue weighted by atomic mass is 9.68. The summed E-state index contributed by atoms with van der Waals surface area (Å²) in [4.78, 5) is 22.1. The van der Waals surface area contributed by atoms with E-state index in [0.29, 0.717) is 0 Å². The van der Waals surface area contributed by atoms with Gasteiger partial charge >= 0.3 is 0 Å². The molecule has 0 radical (unpaired) electrons. The van der Waals surface area contributed by atoms with Crippen molar-refractivity contribution in [3.05, 3.63) is 74.0 Å². The van der Waals surface area contributed by atoms with Crippen LogP contribution >= 0.6 is 55.1 Å². The number of ether oxygens (including phenoxy) is 1. The number of allylic oxidation sites excluding steroid dienone is 3. The molecule has 4 rings (SSSR count). The summed E-state index contributed by atoms with van der Waals surface area (Å²) in [6.07, 6.45) is 2.24. The standard InChI is InChI=1S/C23H12Br2Cl2F5NO4/c1-3-7-4-5-22(26)20(35)33(18-16(31)14(29)13(28)15(30)17(18)32)21(36)23(22,27)10(7)8-6-9(37-2)19(34)12(25)11(8)24/h3-4,6,10,34H,1,5H2,2H3. The largest absolute Gasteiger partial charge is 0.503 e. The van der Waals surface area contributed by atoms with Crippen LogP contribution in [0, 0.1) is 29.1 Å². The van der Waals surface area contributed by atoms with Crippen molar-refractivity contribution < 1.29 is 41.4 Å². The molecule has 1 aliphatic heterocycles. The number of anilines is 1. The fraction of sp³-hybridized carbons (Fsp3) is 0.217. The second-order valence-corrected chi connectivity index (χ2v) is 10.9. The van der Waals surface area contributed by atoms with Gasteiger partial charge in [-0.3, -0.25) is 9.59 Å². The maximum atomic E-state index is 14.7. The number of carbonyl (C=O) groups excluding carboxylic acids is 2. The lowest BCUT2D eigenvalue weighted by Crippen LogP contribution is -2.55. The highest BCUT2D eigenvalue weighted by Crippen LogP contribution is 2.62. The van der Waals surface area contributed by atoms with E-state index in [-0.39, 0.29) is 36.5 Å². The molecule has 0 aromatic heterocycles. The number of amides is 2. The van der Waals surface area contributed by atoms with E-state index in [2.05, 4.69) is 38.4 Å². The van der Waals surface area contributed by atoms with Crippen LogP contribution in [0.4, 0.5) is 27.6 Å². The van der Waals surface area contributed by atoms with Gasteiger partial charge in [-0.2, -0.15) is 0 Å². The first-order valence-corrected chi connectivity index (χ1v) is 12.4. The number of hydrogen-bond donors (Lipinski definition) is 1. The molecule has 1 heterocycles. The number of methoxy groups -OCH3 is 1. The smallest absolute Gasteiger partial charge is 0.258 e. The number of phenols is 1. The van der Waals surface area contributed by atoms with E-state index in [9.17, 15) is 36.6 Å². The Hall–Kier alpha value is -2.15. The Morgan fingerprint density at radius 2 is 1.59 bits per heavy atom. The second-order valence-electron chi connectivity index (χ2n) is 8.07. The third-order valence-electron chi connectivity index (χ3n) is 6.33. The van der Waals surface area contributed by atoms with E-state index in [1.807, 2.05) is 0 Å². The molecule has 0 bridgehead atoms. The van der Waals surface area contributed by atoms with Crippen molar-refractivity contribution in [2.45, 2.75) is 22.1 Å². The number of rotatable bonds is 4. The minimum Gasteiger partial charge on any atom is -0.503 e. The Labute approximate surface area is 232 Å². The van der Waals surface area contributed by atoms with Crippen molar-refractivity contribution in [1.82, 2.24) is 0 Å². The number of carbonyl (C=O) groups is 2. The molecule has 3 unspecified atom stereocenters. The summed E-state index contributed by atoms with van der Waals surface area (Å²) in [5.41, 5.74) is -1.44. The lowest BCUT2D eigenvalue weighted by Gasteiger charge is -2.42. The van der Waals surface area contributed by atoms with Gasteiger partial charge in [-0.15, -0.1) is 23.2 Å². The Morgan fingerprint density at radius 1 is 1.05 bits per heavy atom. The predicted molar refractivity (Wildman–Crippen MR) is 132 cm³/mol. The highest BCUT2D eigenvalue weighted by atomic mass is 79.9. The summed E-state index contributed by atoms with van der Waals surface area (Å²) >= 11 is 20.0.